The van der Waals surface area contributed by atoms with Crippen LogP contribution in [0.15, 0.2) is 28.7 Å². The van der Waals surface area contributed by atoms with Crippen molar-refractivity contribution in [1.29, 1.82) is 0 Å². The van der Waals surface area contributed by atoms with E-state index < -0.39 is 0 Å². The number of halogens is 1. The molecule has 3 nitrogen and oxygen atoms in total. The Hall–Kier alpha value is -0.870. The van der Waals surface area contributed by atoms with E-state index >= 15 is 0 Å². The highest BCUT2D eigenvalue weighted by Gasteiger charge is 2.44. The van der Waals surface area contributed by atoms with E-state index in [0.717, 1.165) is 23.5 Å². The summed E-state index contributed by atoms with van der Waals surface area (Å²) in [5.41, 5.74) is 1.29. The molecule has 0 bridgehead atoms. The molecule has 0 aromatic heterocycles. The van der Waals surface area contributed by atoms with E-state index in [0.29, 0.717) is 11.8 Å². The molecule has 1 aromatic carbocycles. The van der Waals surface area contributed by atoms with Gasteiger partial charge in [-0.15, -0.1) is 0 Å². The molecule has 1 N–H and O–H groups in total. The Morgan fingerprint density at radius 3 is 2.95 bits per heavy atom. The first-order valence-electron chi connectivity index (χ1n) is 8.48. The van der Waals surface area contributed by atoms with Gasteiger partial charge in [-0.2, -0.15) is 0 Å². The lowest BCUT2D eigenvalue weighted by atomic mass is 10.1. The molecule has 1 amide bonds. The van der Waals surface area contributed by atoms with E-state index in [1.807, 2.05) is 6.07 Å². The van der Waals surface area contributed by atoms with Crippen molar-refractivity contribution < 1.29 is 4.79 Å². The quantitative estimate of drug-likeness (QED) is 0.872. The van der Waals surface area contributed by atoms with Crippen molar-refractivity contribution in [2.75, 3.05) is 19.6 Å². The number of hydrogen-bond donors (Lipinski definition) is 1. The Morgan fingerprint density at radius 1 is 1.32 bits per heavy atom. The number of carbonyl (C=O) groups excluding carboxylic acids is 1. The number of rotatable bonds is 5. The van der Waals surface area contributed by atoms with Gasteiger partial charge in [0.05, 0.1) is 0 Å². The topological polar surface area (TPSA) is 32.3 Å². The maximum absolute atomic E-state index is 12.3. The van der Waals surface area contributed by atoms with Gasteiger partial charge >= 0.3 is 0 Å². The van der Waals surface area contributed by atoms with Crippen LogP contribution in [0.3, 0.4) is 0 Å². The molecule has 3 fully saturated rings. The van der Waals surface area contributed by atoms with Gasteiger partial charge in [-0.05, 0) is 61.8 Å². The maximum Gasteiger partial charge on any atom is 0.223 e. The standard InChI is InChI=1S/C18H23BrN2O/c19-14-3-1-2-13(8-14)16-9-17(16)18(22)20-10-12-6-7-21(11-12)15-4-5-15/h1-3,8,12,15-17H,4-7,9-11H2,(H,20,22). The summed E-state index contributed by atoms with van der Waals surface area (Å²) in [4.78, 5) is 14.9. The van der Waals surface area contributed by atoms with Crippen LogP contribution in [0.5, 0.6) is 0 Å². The van der Waals surface area contributed by atoms with E-state index in [2.05, 4.69) is 44.3 Å². The Bertz CT molecular complexity index is 572. The van der Waals surface area contributed by atoms with Gasteiger partial charge in [0.25, 0.3) is 0 Å². The average Bonchev–Trinajstić information content (AvgIpc) is 3.43. The lowest BCUT2D eigenvalue weighted by molar-refractivity contribution is -0.122. The maximum atomic E-state index is 12.3. The molecule has 1 aliphatic heterocycles. The van der Waals surface area contributed by atoms with Crippen molar-refractivity contribution in [1.82, 2.24) is 10.2 Å². The highest BCUT2D eigenvalue weighted by Crippen LogP contribution is 2.48. The van der Waals surface area contributed by atoms with Crippen LogP contribution >= 0.6 is 15.9 Å². The summed E-state index contributed by atoms with van der Waals surface area (Å²) in [6.45, 7) is 3.28. The second-order valence-corrected chi connectivity index (χ2v) is 8.05. The minimum atomic E-state index is 0.190. The zero-order chi connectivity index (χ0) is 15.1. The van der Waals surface area contributed by atoms with Crippen LogP contribution < -0.4 is 5.32 Å². The van der Waals surface area contributed by atoms with E-state index in [1.165, 1.54) is 37.9 Å². The zero-order valence-corrected chi connectivity index (χ0v) is 14.4. The Balaban J connectivity index is 1.24. The molecule has 3 unspecified atom stereocenters. The Kier molecular flexibility index (Phi) is 3.99. The lowest BCUT2D eigenvalue weighted by Crippen LogP contribution is -2.32. The lowest BCUT2D eigenvalue weighted by Gasteiger charge is -2.15. The van der Waals surface area contributed by atoms with E-state index in [9.17, 15) is 4.79 Å². The van der Waals surface area contributed by atoms with Crippen LogP contribution in [0.4, 0.5) is 0 Å². The first-order chi connectivity index (χ1) is 10.7. The van der Waals surface area contributed by atoms with E-state index in [-0.39, 0.29) is 11.8 Å². The summed E-state index contributed by atoms with van der Waals surface area (Å²) in [7, 11) is 0. The van der Waals surface area contributed by atoms with Gasteiger partial charge in [0.2, 0.25) is 5.91 Å². The summed E-state index contributed by atoms with van der Waals surface area (Å²) >= 11 is 3.51. The largest absolute Gasteiger partial charge is 0.356 e. The van der Waals surface area contributed by atoms with Crippen molar-refractivity contribution in [2.24, 2.45) is 11.8 Å². The molecule has 4 rings (SSSR count). The van der Waals surface area contributed by atoms with Crippen molar-refractivity contribution in [2.45, 2.75) is 37.6 Å². The number of carbonyl (C=O) groups is 1. The van der Waals surface area contributed by atoms with Crippen molar-refractivity contribution in [3.63, 3.8) is 0 Å². The van der Waals surface area contributed by atoms with Crippen LogP contribution in [0.2, 0.25) is 0 Å². The SMILES string of the molecule is O=C(NCC1CCN(C2CC2)C1)C1CC1c1cccc(Br)c1. The molecule has 1 aromatic rings. The number of nitrogens with one attached hydrogen (secondary N) is 1. The van der Waals surface area contributed by atoms with Gasteiger partial charge in [0.15, 0.2) is 0 Å². The second kappa shape index (κ2) is 5.97. The third-order valence-corrected chi connectivity index (χ3v) is 5.84. The summed E-state index contributed by atoms with van der Waals surface area (Å²) in [6, 6.07) is 9.23. The first kappa shape index (κ1) is 14.7. The first-order valence-corrected chi connectivity index (χ1v) is 9.27. The summed E-state index contributed by atoms with van der Waals surface area (Å²) in [5, 5.41) is 3.20. The smallest absolute Gasteiger partial charge is 0.223 e. The molecule has 1 saturated heterocycles. The average molecular weight is 363 g/mol. The molecule has 2 aliphatic carbocycles. The monoisotopic (exact) mass is 362 g/mol. The predicted octanol–water partition coefficient (Wildman–Crippen LogP) is 3.15. The third-order valence-electron chi connectivity index (χ3n) is 5.35. The summed E-state index contributed by atoms with van der Waals surface area (Å²) in [6.07, 6.45) is 5.02. The molecule has 3 atom stereocenters. The fourth-order valence-corrected chi connectivity index (χ4v) is 4.18. The number of nitrogens with zero attached hydrogens (tertiary/aromatic N) is 1. The number of amides is 1. The molecule has 0 spiro atoms. The summed E-state index contributed by atoms with van der Waals surface area (Å²) in [5.74, 6) is 1.53. The van der Waals surface area contributed by atoms with Crippen molar-refractivity contribution in [3.8, 4) is 0 Å². The third kappa shape index (κ3) is 3.23. The van der Waals surface area contributed by atoms with Crippen LogP contribution in [0.25, 0.3) is 0 Å². The minimum Gasteiger partial charge on any atom is -0.356 e. The molecule has 2 saturated carbocycles. The van der Waals surface area contributed by atoms with Crippen LogP contribution in [0, 0.1) is 11.8 Å². The number of likely N-dealkylation sites (tertiary alicyclic amines) is 1. The Labute approximate surface area is 140 Å². The van der Waals surface area contributed by atoms with Gasteiger partial charge < -0.3 is 10.2 Å². The van der Waals surface area contributed by atoms with E-state index in [1.54, 1.807) is 0 Å². The second-order valence-electron chi connectivity index (χ2n) is 7.13. The molecule has 4 heteroatoms. The van der Waals surface area contributed by atoms with Gasteiger partial charge in [-0.1, -0.05) is 28.1 Å². The predicted molar refractivity (Wildman–Crippen MR) is 90.7 cm³/mol. The Morgan fingerprint density at radius 2 is 2.18 bits per heavy atom. The van der Waals surface area contributed by atoms with Crippen molar-refractivity contribution >= 4 is 21.8 Å². The van der Waals surface area contributed by atoms with Gasteiger partial charge in [0, 0.05) is 29.5 Å². The van der Waals surface area contributed by atoms with Gasteiger partial charge in [-0.3, -0.25) is 4.79 Å². The van der Waals surface area contributed by atoms with Crippen LogP contribution in [-0.4, -0.2) is 36.5 Å². The molecular weight excluding hydrogens is 340 g/mol. The van der Waals surface area contributed by atoms with Crippen LogP contribution in [-0.2, 0) is 4.79 Å². The van der Waals surface area contributed by atoms with E-state index in [4.69, 9.17) is 0 Å². The molecular formula is C18H23BrN2O. The number of benzene rings is 1. The molecule has 1 heterocycles. The number of hydrogen-bond acceptors (Lipinski definition) is 2. The zero-order valence-electron chi connectivity index (χ0n) is 12.8. The highest BCUT2D eigenvalue weighted by atomic mass is 79.9. The molecule has 118 valence electrons. The summed E-state index contributed by atoms with van der Waals surface area (Å²) < 4.78 is 1.10. The highest BCUT2D eigenvalue weighted by molar-refractivity contribution is 9.10. The fraction of sp³-hybridized carbons (Fsp3) is 0.611. The fourth-order valence-electron chi connectivity index (χ4n) is 3.77. The normalized spacial score (nSPS) is 31.2. The molecule has 22 heavy (non-hydrogen) atoms. The van der Waals surface area contributed by atoms with Gasteiger partial charge in [0.1, 0.15) is 0 Å². The van der Waals surface area contributed by atoms with Gasteiger partial charge in [-0.25, -0.2) is 0 Å². The van der Waals surface area contributed by atoms with Crippen LogP contribution in [0.1, 0.15) is 37.2 Å². The molecule has 3 aliphatic rings. The molecule has 0 radical (unpaired) electrons. The minimum absolute atomic E-state index is 0.190. The van der Waals surface area contributed by atoms with Crippen molar-refractivity contribution in [3.05, 3.63) is 34.3 Å².